The molecule has 0 aromatic carbocycles. The first kappa shape index (κ1) is 10.2. The molecule has 1 heterocycles. The lowest BCUT2D eigenvalue weighted by Crippen LogP contribution is -2.25. The zero-order valence-electron chi connectivity index (χ0n) is 7.71. The van der Waals surface area contributed by atoms with Crippen molar-refractivity contribution in [2.45, 2.75) is 38.9 Å². The maximum absolute atomic E-state index is 13.0. The van der Waals surface area contributed by atoms with E-state index in [1.54, 1.807) is 0 Å². The molecule has 0 bridgehead atoms. The van der Waals surface area contributed by atoms with E-state index in [2.05, 4.69) is 0 Å². The molecule has 2 unspecified atom stereocenters. The highest BCUT2D eigenvalue weighted by Crippen LogP contribution is 2.27. The first-order chi connectivity index (χ1) is 6.00. The lowest BCUT2D eigenvalue weighted by molar-refractivity contribution is -0.134. The summed E-state index contributed by atoms with van der Waals surface area (Å²) in [6.45, 7) is 3.62. The van der Waals surface area contributed by atoms with E-state index in [0.717, 1.165) is 0 Å². The van der Waals surface area contributed by atoms with E-state index in [1.165, 1.54) is 0 Å². The van der Waals surface area contributed by atoms with Crippen LogP contribution in [-0.4, -0.2) is 23.3 Å². The minimum Gasteiger partial charge on any atom is -0.476 e. The van der Waals surface area contributed by atoms with Gasteiger partial charge in [-0.15, -0.1) is 0 Å². The van der Waals surface area contributed by atoms with Crippen LogP contribution in [0.5, 0.6) is 0 Å². The first-order valence-corrected chi connectivity index (χ1v) is 4.27. The third kappa shape index (κ3) is 2.52. The van der Waals surface area contributed by atoms with Gasteiger partial charge in [-0.05, 0) is 32.3 Å². The molecule has 1 fully saturated rings. The van der Waals surface area contributed by atoms with Crippen LogP contribution in [-0.2, 0) is 9.53 Å². The maximum Gasteiger partial charge on any atom is 0.364 e. The van der Waals surface area contributed by atoms with E-state index in [0.29, 0.717) is 18.4 Å². The first-order valence-electron chi connectivity index (χ1n) is 4.27. The molecule has 1 saturated heterocycles. The molecule has 1 rings (SSSR count). The molecule has 0 aromatic rings. The SMILES string of the molecule is CC1CC(=C(F)C(=O)O)CC(C)O1. The van der Waals surface area contributed by atoms with Gasteiger partial charge in [-0.1, -0.05) is 0 Å². The lowest BCUT2D eigenvalue weighted by atomic mass is 9.98. The molecule has 4 heteroatoms. The molecule has 0 saturated carbocycles. The number of ether oxygens (including phenoxy) is 1. The second-order valence-corrected chi connectivity index (χ2v) is 3.39. The second-order valence-electron chi connectivity index (χ2n) is 3.39. The average molecular weight is 188 g/mol. The minimum absolute atomic E-state index is 0.0937. The van der Waals surface area contributed by atoms with Crippen LogP contribution in [0.2, 0.25) is 0 Å². The zero-order chi connectivity index (χ0) is 10.0. The maximum atomic E-state index is 13.0. The lowest BCUT2D eigenvalue weighted by Gasteiger charge is -2.27. The summed E-state index contributed by atoms with van der Waals surface area (Å²) in [5, 5.41) is 8.43. The molecule has 1 aliphatic heterocycles. The molecule has 0 aliphatic carbocycles. The van der Waals surface area contributed by atoms with Crippen molar-refractivity contribution in [1.29, 1.82) is 0 Å². The summed E-state index contributed by atoms with van der Waals surface area (Å²) in [6, 6.07) is 0. The van der Waals surface area contributed by atoms with Crippen LogP contribution in [0, 0.1) is 0 Å². The number of halogens is 1. The predicted molar refractivity (Wildman–Crippen MR) is 45.0 cm³/mol. The van der Waals surface area contributed by atoms with Crippen LogP contribution in [0.15, 0.2) is 11.4 Å². The third-order valence-electron chi connectivity index (χ3n) is 2.03. The zero-order valence-corrected chi connectivity index (χ0v) is 7.71. The standard InChI is InChI=1S/C9H13FO3/c1-5-3-7(4-6(2)13-5)8(10)9(11)12/h5-6H,3-4H2,1-2H3,(H,11,12). The van der Waals surface area contributed by atoms with Crippen molar-refractivity contribution < 1.29 is 19.0 Å². The topological polar surface area (TPSA) is 46.5 Å². The van der Waals surface area contributed by atoms with Gasteiger partial charge < -0.3 is 9.84 Å². The highest BCUT2D eigenvalue weighted by atomic mass is 19.1. The van der Waals surface area contributed by atoms with Crippen molar-refractivity contribution in [2.24, 2.45) is 0 Å². The van der Waals surface area contributed by atoms with Crippen LogP contribution >= 0.6 is 0 Å². The van der Waals surface area contributed by atoms with Crippen molar-refractivity contribution >= 4 is 5.97 Å². The van der Waals surface area contributed by atoms with E-state index >= 15 is 0 Å². The minimum atomic E-state index is -1.48. The van der Waals surface area contributed by atoms with Gasteiger partial charge in [0.2, 0.25) is 5.83 Å². The van der Waals surface area contributed by atoms with Crippen molar-refractivity contribution in [1.82, 2.24) is 0 Å². The molecule has 0 radical (unpaired) electrons. The fourth-order valence-corrected chi connectivity index (χ4v) is 1.60. The van der Waals surface area contributed by atoms with Crippen LogP contribution in [0.4, 0.5) is 4.39 Å². The van der Waals surface area contributed by atoms with Gasteiger partial charge in [0.05, 0.1) is 12.2 Å². The molecular weight excluding hydrogens is 175 g/mol. The third-order valence-corrected chi connectivity index (χ3v) is 2.03. The van der Waals surface area contributed by atoms with Gasteiger partial charge in [0.25, 0.3) is 0 Å². The van der Waals surface area contributed by atoms with Crippen molar-refractivity contribution in [3.8, 4) is 0 Å². The van der Waals surface area contributed by atoms with Gasteiger partial charge in [0.1, 0.15) is 0 Å². The fraction of sp³-hybridized carbons (Fsp3) is 0.667. The summed E-state index contributed by atoms with van der Waals surface area (Å²) in [6.07, 6.45) is 0.568. The number of aliphatic carboxylic acids is 1. The Bertz CT molecular complexity index is 235. The Kier molecular flexibility index (Phi) is 3.03. The van der Waals surface area contributed by atoms with Gasteiger partial charge >= 0.3 is 5.97 Å². The van der Waals surface area contributed by atoms with Crippen molar-refractivity contribution in [3.05, 3.63) is 11.4 Å². The van der Waals surface area contributed by atoms with Gasteiger partial charge in [-0.25, -0.2) is 4.79 Å². The van der Waals surface area contributed by atoms with Gasteiger partial charge in [-0.2, -0.15) is 4.39 Å². The number of rotatable bonds is 1. The average Bonchev–Trinajstić information content (AvgIpc) is 2.01. The van der Waals surface area contributed by atoms with Crippen LogP contribution < -0.4 is 0 Å². The number of carbonyl (C=O) groups is 1. The summed E-state index contributed by atoms with van der Waals surface area (Å²) in [5.41, 5.74) is 0.360. The smallest absolute Gasteiger partial charge is 0.364 e. The quantitative estimate of drug-likeness (QED) is 0.639. The molecule has 74 valence electrons. The highest BCUT2D eigenvalue weighted by Gasteiger charge is 2.24. The Morgan fingerprint density at radius 2 is 1.92 bits per heavy atom. The Morgan fingerprint density at radius 1 is 1.46 bits per heavy atom. The summed E-state index contributed by atoms with van der Waals surface area (Å²) in [5.74, 6) is -2.49. The Morgan fingerprint density at radius 3 is 2.31 bits per heavy atom. The van der Waals surface area contributed by atoms with E-state index in [-0.39, 0.29) is 12.2 Å². The molecule has 3 nitrogen and oxygen atoms in total. The number of carboxylic acid groups (broad SMARTS) is 1. The Hall–Kier alpha value is -0.900. The molecule has 13 heavy (non-hydrogen) atoms. The fourth-order valence-electron chi connectivity index (χ4n) is 1.60. The summed E-state index contributed by atoms with van der Waals surface area (Å²) in [4.78, 5) is 10.3. The van der Waals surface area contributed by atoms with Gasteiger partial charge in [0, 0.05) is 0 Å². The number of carboxylic acids is 1. The summed E-state index contributed by atoms with van der Waals surface area (Å²) >= 11 is 0. The summed E-state index contributed by atoms with van der Waals surface area (Å²) in [7, 11) is 0. The van der Waals surface area contributed by atoms with E-state index in [1.807, 2.05) is 13.8 Å². The molecule has 1 aliphatic rings. The monoisotopic (exact) mass is 188 g/mol. The molecule has 1 N–H and O–H groups in total. The van der Waals surface area contributed by atoms with E-state index in [4.69, 9.17) is 9.84 Å². The molecular formula is C9H13FO3. The van der Waals surface area contributed by atoms with Gasteiger partial charge in [0.15, 0.2) is 0 Å². The van der Waals surface area contributed by atoms with Crippen LogP contribution in [0.3, 0.4) is 0 Å². The molecule has 0 amide bonds. The van der Waals surface area contributed by atoms with Crippen LogP contribution in [0.1, 0.15) is 26.7 Å². The summed E-state index contributed by atoms with van der Waals surface area (Å²) < 4.78 is 18.3. The Balaban J connectivity index is 2.80. The normalized spacial score (nSPS) is 28.7. The second kappa shape index (κ2) is 3.87. The van der Waals surface area contributed by atoms with Crippen molar-refractivity contribution in [2.75, 3.05) is 0 Å². The number of hydrogen-bond acceptors (Lipinski definition) is 2. The number of hydrogen-bond donors (Lipinski definition) is 1. The Labute approximate surface area is 76.2 Å². The largest absolute Gasteiger partial charge is 0.476 e. The van der Waals surface area contributed by atoms with Crippen molar-refractivity contribution in [3.63, 3.8) is 0 Å². The molecule has 0 aromatic heterocycles. The van der Waals surface area contributed by atoms with Crippen LogP contribution in [0.25, 0.3) is 0 Å². The molecule has 0 spiro atoms. The van der Waals surface area contributed by atoms with E-state index in [9.17, 15) is 9.18 Å². The predicted octanol–water partition coefficient (Wildman–Crippen LogP) is 1.88. The highest BCUT2D eigenvalue weighted by molar-refractivity contribution is 5.84. The van der Waals surface area contributed by atoms with E-state index < -0.39 is 11.8 Å². The molecule has 2 atom stereocenters. The van der Waals surface area contributed by atoms with Gasteiger partial charge in [-0.3, -0.25) is 0 Å².